The van der Waals surface area contributed by atoms with E-state index in [4.69, 9.17) is 5.73 Å². The van der Waals surface area contributed by atoms with E-state index in [9.17, 15) is 4.39 Å². The molecular weight excluding hydrogens is 235 g/mol. The first-order valence-electron chi connectivity index (χ1n) is 5.55. The first-order valence-corrected chi connectivity index (χ1v) is 6.36. The van der Waals surface area contributed by atoms with Crippen LogP contribution in [0.1, 0.15) is 23.4 Å². The van der Waals surface area contributed by atoms with Gasteiger partial charge in [0.25, 0.3) is 0 Å². The van der Waals surface area contributed by atoms with E-state index in [2.05, 4.69) is 11.9 Å². The molecule has 2 aromatic rings. The highest BCUT2D eigenvalue weighted by Gasteiger charge is 2.14. The molecule has 1 aromatic heterocycles. The van der Waals surface area contributed by atoms with E-state index in [1.54, 1.807) is 17.4 Å². The van der Waals surface area contributed by atoms with Gasteiger partial charge in [-0.1, -0.05) is 19.1 Å². The van der Waals surface area contributed by atoms with E-state index in [0.29, 0.717) is 12.5 Å². The van der Waals surface area contributed by atoms with E-state index < -0.39 is 0 Å². The zero-order chi connectivity index (χ0) is 12.4. The molecule has 90 valence electrons. The van der Waals surface area contributed by atoms with Gasteiger partial charge in [-0.25, -0.2) is 9.37 Å². The molecule has 0 radical (unpaired) electrons. The fourth-order valence-corrected chi connectivity index (χ4v) is 2.84. The summed E-state index contributed by atoms with van der Waals surface area (Å²) in [5.74, 6) is 0.0681. The van der Waals surface area contributed by atoms with E-state index in [1.807, 2.05) is 13.0 Å². The standard InChI is InChI=1S/C13H15FN2S/c1-8(7-15)12-9(2)16-13(17-12)10-4-3-5-11(14)6-10/h3-6,8H,7,15H2,1-2H3. The van der Waals surface area contributed by atoms with Crippen molar-refractivity contribution in [3.8, 4) is 10.6 Å². The highest BCUT2D eigenvalue weighted by atomic mass is 32.1. The third-order valence-electron chi connectivity index (χ3n) is 2.71. The van der Waals surface area contributed by atoms with Crippen LogP contribution >= 0.6 is 11.3 Å². The summed E-state index contributed by atoms with van der Waals surface area (Å²) in [5.41, 5.74) is 7.48. The number of nitrogens with two attached hydrogens (primary N) is 1. The van der Waals surface area contributed by atoms with Crippen LogP contribution in [0.4, 0.5) is 4.39 Å². The number of nitrogens with zero attached hydrogens (tertiary/aromatic N) is 1. The van der Waals surface area contributed by atoms with Crippen molar-refractivity contribution < 1.29 is 4.39 Å². The molecule has 1 unspecified atom stereocenters. The van der Waals surface area contributed by atoms with Crippen LogP contribution in [-0.4, -0.2) is 11.5 Å². The second kappa shape index (κ2) is 4.94. The van der Waals surface area contributed by atoms with Crippen molar-refractivity contribution in [1.82, 2.24) is 4.98 Å². The molecule has 4 heteroatoms. The summed E-state index contributed by atoms with van der Waals surface area (Å²) in [7, 11) is 0. The van der Waals surface area contributed by atoms with Gasteiger partial charge in [0, 0.05) is 16.4 Å². The summed E-state index contributed by atoms with van der Waals surface area (Å²) >= 11 is 1.60. The van der Waals surface area contributed by atoms with Crippen molar-refractivity contribution in [3.05, 3.63) is 40.7 Å². The second-order valence-corrected chi connectivity index (χ2v) is 5.15. The van der Waals surface area contributed by atoms with Crippen molar-refractivity contribution in [2.45, 2.75) is 19.8 Å². The van der Waals surface area contributed by atoms with Crippen LogP contribution in [0.2, 0.25) is 0 Å². The lowest BCUT2D eigenvalue weighted by molar-refractivity contribution is 0.628. The molecule has 0 saturated heterocycles. The molecule has 0 aliphatic heterocycles. The zero-order valence-electron chi connectivity index (χ0n) is 9.90. The quantitative estimate of drug-likeness (QED) is 0.907. The van der Waals surface area contributed by atoms with Crippen LogP contribution < -0.4 is 5.73 Å². The Labute approximate surface area is 104 Å². The third kappa shape index (κ3) is 2.53. The molecule has 2 rings (SSSR count). The van der Waals surface area contributed by atoms with Crippen molar-refractivity contribution in [2.75, 3.05) is 6.54 Å². The Bertz CT molecular complexity index is 522. The normalized spacial score (nSPS) is 12.7. The molecule has 0 bridgehead atoms. The zero-order valence-corrected chi connectivity index (χ0v) is 10.7. The Morgan fingerprint density at radius 1 is 1.47 bits per heavy atom. The fourth-order valence-electron chi connectivity index (χ4n) is 1.72. The Hall–Kier alpha value is -1.26. The molecular formula is C13H15FN2S. The predicted molar refractivity (Wildman–Crippen MR) is 69.7 cm³/mol. The Balaban J connectivity index is 2.41. The van der Waals surface area contributed by atoms with Gasteiger partial charge in [-0.15, -0.1) is 11.3 Å². The van der Waals surface area contributed by atoms with Gasteiger partial charge in [-0.2, -0.15) is 0 Å². The summed E-state index contributed by atoms with van der Waals surface area (Å²) in [6.45, 7) is 4.66. The number of hydrogen-bond acceptors (Lipinski definition) is 3. The number of hydrogen-bond donors (Lipinski definition) is 1. The minimum Gasteiger partial charge on any atom is -0.330 e. The van der Waals surface area contributed by atoms with E-state index in [-0.39, 0.29) is 5.82 Å². The molecule has 1 heterocycles. The Kier molecular flexibility index (Phi) is 3.54. The lowest BCUT2D eigenvalue weighted by atomic mass is 10.1. The average Bonchev–Trinajstić information content (AvgIpc) is 2.70. The summed E-state index contributed by atoms with van der Waals surface area (Å²) in [6, 6.07) is 6.52. The Morgan fingerprint density at radius 2 is 2.24 bits per heavy atom. The number of benzene rings is 1. The SMILES string of the molecule is Cc1nc(-c2cccc(F)c2)sc1C(C)CN. The van der Waals surface area contributed by atoms with Gasteiger partial charge in [-0.05, 0) is 25.6 Å². The van der Waals surface area contributed by atoms with Crippen molar-refractivity contribution in [1.29, 1.82) is 0 Å². The maximum Gasteiger partial charge on any atom is 0.123 e. The van der Waals surface area contributed by atoms with Crippen molar-refractivity contribution >= 4 is 11.3 Å². The van der Waals surface area contributed by atoms with Gasteiger partial charge in [0.05, 0.1) is 5.69 Å². The van der Waals surface area contributed by atoms with Crippen LogP contribution in [0.25, 0.3) is 10.6 Å². The molecule has 0 spiro atoms. The second-order valence-electron chi connectivity index (χ2n) is 4.12. The van der Waals surface area contributed by atoms with E-state index in [1.165, 1.54) is 17.0 Å². The molecule has 2 nitrogen and oxygen atoms in total. The van der Waals surface area contributed by atoms with Gasteiger partial charge >= 0.3 is 0 Å². The summed E-state index contributed by atoms with van der Waals surface area (Å²) in [5, 5.41) is 0.859. The van der Waals surface area contributed by atoms with Gasteiger partial charge in [-0.3, -0.25) is 0 Å². The highest BCUT2D eigenvalue weighted by Crippen LogP contribution is 2.32. The first-order chi connectivity index (χ1) is 8.11. The number of rotatable bonds is 3. The van der Waals surface area contributed by atoms with Gasteiger partial charge in [0.1, 0.15) is 10.8 Å². The van der Waals surface area contributed by atoms with Gasteiger partial charge in [0.15, 0.2) is 0 Å². The molecule has 0 amide bonds. The number of aryl methyl sites for hydroxylation is 1. The van der Waals surface area contributed by atoms with E-state index >= 15 is 0 Å². The minimum absolute atomic E-state index is 0.233. The predicted octanol–water partition coefficient (Wildman–Crippen LogP) is 3.32. The molecule has 1 atom stereocenters. The third-order valence-corrected chi connectivity index (χ3v) is 4.14. The van der Waals surface area contributed by atoms with Crippen molar-refractivity contribution in [3.63, 3.8) is 0 Å². The smallest absolute Gasteiger partial charge is 0.123 e. The van der Waals surface area contributed by atoms with Crippen LogP contribution in [-0.2, 0) is 0 Å². The topological polar surface area (TPSA) is 38.9 Å². The molecule has 1 aromatic carbocycles. The lowest BCUT2D eigenvalue weighted by Crippen LogP contribution is -2.08. The maximum absolute atomic E-state index is 13.1. The monoisotopic (exact) mass is 250 g/mol. The fraction of sp³-hybridized carbons (Fsp3) is 0.308. The van der Waals surface area contributed by atoms with E-state index in [0.717, 1.165) is 16.3 Å². The van der Waals surface area contributed by atoms with Gasteiger partial charge in [0.2, 0.25) is 0 Å². The molecule has 0 aliphatic carbocycles. The highest BCUT2D eigenvalue weighted by molar-refractivity contribution is 7.15. The van der Waals surface area contributed by atoms with Crippen molar-refractivity contribution in [2.24, 2.45) is 5.73 Å². The molecule has 2 N–H and O–H groups in total. The molecule has 0 fully saturated rings. The maximum atomic E-state index is 13.1. The first kappa shape index (κ1) is 12.2. The molecule has 0 saturated carbocycles. The minimum atomic E-state index is -0.233. The van der Waals surface area contributed by atoms with Crippen LogP contribution in [0, 0.1) is 12.7 Å². The summed E-state index contributed by atoms with van der Waals surface area (Å²) < 4.78 is 13.1. The van der Waals surface area contributed by atoms with Gasteiger partial charge < -0.3 is 5.73 Å². The molecule has 0 aliphatic rings. The largest absolute Gasteiger partial charge is 0.330 e. The summed E-state index contributed by atoms with van der Waals surface area (Å²) in [6.07, 6.45) is 0. The number of aromatic nitrogens is 1. The Morgan fingerprint density at radius 3 is 2.88 bits per heavy atom. The number of thiazole rings is 1. The van der Waals surface area contributed by atoms with Crippen LogP contribution in [0.15, 0.2) is 24.3 Å². The van der Waals surface area contributed by atoms with Crippen LogP contribution in [0.3, 0.4) is 0 Å². The average molecular weight is 250 g/mol. The molecule has 17 heavy (non-hydrogen) atoms. The lowest BCUT2D eigenvalue weighted by Gasteiger charge is -2.04. The van der Waals surface area contributed by atoms with Crippen LogP contribution in [0.5, 0.6) is 0 Å². The summed E-state index contributed by atoms with van der Waals surface area (Å²) in [4.78, 5) is 5.67. The number of halogens is 1.